The minimum absolute atomic E-state index is 0.0860. The topological polar surface area (TPSA) is 114 Å². The molecular weight excluding hydrogens is 406 g/mol. The summed E-state index contributed by atoms with van der Waals surface area (Å²) in [6.45, 7) is 6.64. The second kappa shape index (κ2) is 10.1. The Morgan fingerprint density at radius 2 is 1.63 bits per heavy atom. The van der Waals surface area contributed by atoms with Gasteiger partial charge in [0.15, 0.2) is 0 Å². The molecule has 2 aromatic carbocycles. The molecule has 1 amide bonds. The van der Waals surface area contributed by atoms with Crippen molar-refractivity contribution in [2.45, 2.75) is 38.6 Å². The van der Waals surface area contributed by atoms with Gasteiger partial charge in [-0.25, -0.2) is 13.8 Å². The van der Waals surface area contributed by atoms with Crippen LogP contribution in [0.1, 0.15) is 31.9 Å². The van der Waals surface area contributed by atoms with Gasteiger partial charge in [0.1, 0.15) is 11.8 Å². The number of amides is 1. The van der Waals surface area contributed by atoms with Crippen LogP contribution in [0.15, 0.2) is 58.5 Å². The fourth-order valence-corrected chi connectivity index (χ4v) is 3.82. The predicted molar refractivity (Wildman–Crippen MR) is 114 cm³/mol. The lowest BCUT2D eigenvalue weighted by molar-refractivity contribution is -0.131. The molecule has 2 N–H and O–H groups in total. The van der Waals surface area contributed by atoms with Crippen LogP contribution >= 0.6 is 0 Å². The smallest absolute Gasteiger partial charge is 0.308 e. The summed E-state index contributed by atoms with van der Waals surface area (Å²) in [5.74, 6) is -0.900. The third-order valence-electron chi connectivity index (χ3n) is 4.09. The molecule has 0 aliphatic rings. The zero-order chi connectivity index (χ0) is 22.3. The lowest BCUT2D eigenvalue weighted by Gasteiger charge is -2.20. The van der Waals surface area contributed by atoms with Crippen molar-refractivity contribution in [1.82, 2.24) is 10.1 Å². The first-order valence-corrected chi connectivity index (χ1v) is 10.8. The maximum atomic E-state index is 12.6. The first kappa shape index (κ1) is 23.2. The van der Waals surface area contributed by atoms with Crippen LogP contribution in [-0.4, -0.2) is 32.6 Å². The number of aryl methyl sites for hydroxylation is 1. The van der Waals surface area contributed by atoms with Crippen LogP contribution in [0.5, 0.6) is 5.75 Å². The Bertz CT molecular complexity index is 1010. The number of benzene rings is 2. The molecule has 0 bridgehead atoms. The second-order valence-electron chi connectivity index (χ2n) is 7.05. The SMILES string of the molecule is CC(=O)Oc1ccc(/C=N\NC(=O)[C@@H](NS(=O)(=O)c2ccc(C)cc2)C(C)C)cc1. The van der Waals surface area contributed by atoms with Crippen LogP contribution in [0.4, 0.5) is 0 Å². The number of carbonyl (C=O) groups excluding carboxylic acids is 2. The normalized spacial score (nSPS) is 12.7. The molecule has 0 radical (unpaired) electrons. The molecule has 0 saturated heterocycles. The molecule has 0 heterocycles. The Kier molecular flexibility index (Phi) is 7.85. The van der Waals surface area contributed by atoms with Crippen LogP contribution in [-0.2, 0) is 19.6 Å². The zero-order valence-electron chi connectivity index (χ0n) is 17.2. The molecule has 0 saturated carbocycles. The van der Waals surface area contributed by atoms with Gasteiger partial charge in [0.05, 0.1) is 11.1 Å². The number of hydrogen-bond donors (Lipinski definition) is 2. The van der Waals surface area contributed by atoms with E-state index >= 15 is 0 Å². The van der Waals surface area contributed by atoms with Crippen molar-refractivity contribution in [3.63, 3.8) is 0 Å². The van der Waals surface area contributed by atoms with Crippen LogP contribution in [0.25, 0.3) is 0 Å². The number of sulfonamides is 1. The van der Waals surface area contributed by atoms with Gasteiger partial charge in [-0.1, -0.05) is 31.5 Å². The largest absolute Gasteiger partial charge is 0.427 e. The third-order valence-corrected chi connectivity index (χ3v) is 5.55. The van der Waals surface area contributed by atoms with Crippen molar-refractivity contribution >= 4 is 28.1 Å². The number of hydrazone groups is 1. The highest BCUT2D eigenvalue weighted by molar-refractivity contribution is 7.89. The fraction of sp³-hybridized carbons (Fsp3) is 0.286. The molecule has 0 aliphatic carbocycles. The van der Waals surface area contributed by atoms with E-state index in [1.807, 2.05) is 6.92 Å². The van der Waals surface area contributed by atoms with E-state index in [1.54, 1.807) is 50.2 Å². The molecule has 160 valence electrons. The number of rotatable bonds is 8. The van der Waals surface area contributed by atoms with Gasteiger partial charge in [-0.05, 0) is 54.8 Å². The van der Waals surface area contributed by atoms with Crippen molar-refractivity contribution in [1.29, 1.82) is 0 Å². The maximum Gasteiger partial charge on any atom is 0.308 e. The van der Waals surface area contributed by atoms with E-state index in [1.165, 1.54) is 25.3 Å². The Balaban J connectivity index is 2.04. The van der Waals surface area contributed by atoms with Crippen molar-refractivity contribution in [2.24, 2.45) is 11.0 Å². The molecule has 2 rings (SSSR count). The van der Waals surface area contributed by atoms with E-state index in [9.17, 15) is 18.0 Å². The molecule has 9 heteroatoms. The van der Waals surface area contributed by atoms with E-state index in [4.69, 9.17) is 4.74 Å². The maximum absolute atomic E-state index is 12.6. The molecule has 0 unspecified atom stereocenters. The van der Waals surface area contributed by atoms with Crippen molar-refractivity contribution < 1.29 is 22.7 Å². The summed E-state index contributed by atoms with van der Waals surface area (Å²) in [6.07, 6.45) is 1.40. The summed E-state index contributed by atoms with van der Waals surface area (Å²) in [5.41, 5.74) is 3.95. The summed E-state index contributed by atoms with van der Waals surface area (Å²) in [5, 5.41) is 3.88. The number of carbonyl (C=O) groups is 2. The van der Waals surface area contributed by atoms with Gasteiger partial charge in [-0.2, -0.15) is 9.82 Å². The van der Waals surface area contributed by atoms with Crippen LogP contribution in [0, 0.1) is 12.8 Å². The van der Waals surface area contributed by atoms with E-state index in [0.717, 1.165) is 5.56 Å². The molecule has 2 aromatic rings. The van der Waals surface area contributed by atoms with Gasteiger partial charge in [0.25, 0.3) is 5.91 Å². The third kappa shape index (κ3) is 6.78. The van der Waals surface area contributed by atoms with E-state index in [2.05, 4.69) is 15.2 Å². The van der Waals surface area contributed by atoms with Crippen molar-refractivity contribution in [2.75, 3.05) is 0 Å². The molecular formula is C21H25N3O5S. The van der Waals surface area contributed by atoms with Crippen LogP contribution < -0.4 is 14.9 Å². The average molecular weight is 432 g/mol. The molecule has 0 fully saturated rings. The van der Waals surface area contributed by atoms with E-state index in [0.29, 0.717) is 11.3 Å². The molecule has 30 heavy (non-hydrogen) atoms. The van der Waals surface area contributed by atoms with E-state index in [-0.39, 0.29) is 10.8 Å². The van der Waals surface area contributed by atoms with Gasteiger partial charge in [-0.3, -0.25) is 9.59 Å². The number of ether oxygens (including phenoxy) is 1. The quantitative estimate of drug-likeness (QED) is 0.288. The highest BCUT2D eigenvalue weighted by atomic mass is 32.2. The highest BCUT2D eigenvalue weighted by Gasteiger charge is 2.28. The molecule has 0 aromatic heterocycles. The lowest BCUT2D eigenvalue weighted by Crippen LogP contribution is -2.48. The average Bonchev–Trinajstić information content (AvgIpc) is 2.67. The number of esters is 1. The fourth-order valence-electron chi connectivity index (χ4n) is 2.47. The molecule has 0 aliphatic heterocycles. The Morgan fingerprint density at radius 3 is 2.17 bits per heavy atom. The zero-order valence-corrected chi connectivity index (χ0v) is 18.1. The van der Waals surface area contributed by atoms with Gasteiger partial charge in [0.2, 0.25) is 10.0 Å². The first-order valence-electron chi connectivity index (χ1n) is 9.29. The second-order valence-corrected chi connectivity index (χ2v) is 8.77. The van der Waals surface area contributed by atoms with Crippen molar-refractivity contribution in [3.8, 4) is 5.75 Å². The van der Waals surface area contributed by atoms with Gasteiger partial charge < -0.3 is 4.74 Å². The minimum Gasteiger partial charge on any atom is -0.427 e. The summed E-state index contributed by atoms with van der Waals surface area (Å²) < 4.78 is 32.6. The Labute approximate surface area is 176 Å². The monoisotopic (exact) mass is 431 g/mol. The van der Waals surface area contributed by atoms with Crippen LogP contribution in [0.2, 0.25) is 0 Å². The lowest BCUT2D eigenvalue weighted by atomic mass is 10.1. The molecule has 0 spiro atoms. The van der Waals surface area contributed by atoms with Gasteiger partial charge in [0, 0.05) is 6.92 Å². The summed E-state index contributed by atoms with van der Waals surface area (Å²) >= 11 is 0. The summed E-state index contributed by atoms with van der Waals surface area (Å²) in [7, 11) is -3.86. The minimum atomic E-state index is -3.86. The van der Waals surface area contributed by atoms with Crippen molar-refractivity contribution in [3.05, 3.63) is 59.7 Å². The Morgan fingerprint density at radius 1 is 1.03 bits per heavy atom. The number of nitrogens with zero attached hydrogens (tertiary/aromatic N) is 1. The standard InChI is InChI=1S/C21H25N3O5S/c1-14(2)20(24-30(27,28)19-11-5-15(3)6-12-19)21(26)23-22-13-17-7-9-18(10-8-17)29-16(4)25/h5-14,20,24H,1-4H3,(H,23,26)/b22-13-/t20-/m0/s1. The van der Waals surface area contributed by atoms with Gasteiger partial charge in [-0.15, -0.1) is 0 Å². The highest BCUT2D eigenvalue weighted by Crippen LogP contribution is 2.13. The summed E-state index contributed by atoms with van der Waals surface area (Å²) in [6, 6.07) is 11.9. The van der Waals surface area contributed by atoms with Crippen LogP contribution in [0.3, 0.4) is 0 Å². The predicted octanol–water partition coefficient (Wildman–Crippen LogP) is 2.37. The summed E-state index contributed by atoms with van der Waals surface area (Å²) in [4.78, 5) is 23.5. The first-order chi connectivity index (χ1) is 14.1. The number of nitrogens with one attached hydrogen (secondary N) is 2. The molecule has 1 atom stereocenters. The molecule has 8 nitrogen and oxygen atoms in total. The van der Waals surface area contributed by atoms with E-state index < -0.39 is 27.9 Å². The van der Waals surface area contributed by atoms with Gasteiger partial charge >= 0.3 is 5.97 Å². The number of hydrogen-bond acceptors (Lipinski definition) is 6. The Hall–Kier alpha value is -3.04.